The van der Waals surface area contributed by atoms with Crippen molar-refractivity contribution in [2.75, 3.05) is 6.54 Å². The highest BCUT2D eigenvalue weighted by Gasteiger charge is 1.99. The molecule has 0 aromatic heterocycles. The Morgan fingerprint density at radius 2 is 2.31 bits per heavy atom. The molecular weight excluding hydrogens is 167 g/mol. The van der Waals surface area contributed by atoms with E-state index in [0.29, 0.717) is 6.54 Å². The minimum absolute atomic E-state index is 0.0548. The molecule has 0 amide bonds. The van der Waals surface area contributed by atoms with Crippen LogP contribution in [0.15, 0.2) is 24.3 Å². The second-order valence-electron chi connectivity index (χ2n) is 2.49. The maximum absolute atomic E-state index is 12.8. The maximum Gasteiger partial charge on any atom is 0.140 e. The smallest absolute Gasteiger partial charge is 0.140 e. The van der Waals surface area contributed by atoms with Gasteiger partial charge in [0.2, 0.25) is 0 Å². The number of hydrogen-bond acceptors (Lipinski definition) is 2. The molecule has 0 aliphatic carbocycles. The highest BCUT2D eigenvalue weighted by atomic mass is 19.1. The Labute approximate surface area is 76.1 Å². The molecule has 0 saturated heterocycles. The molecule has 0 aliphatic heterocycles. The van der Waals surface area contributed by atoms with Crippen molar-refractivity contribution in [3.05, 3.63) is 41.2 Å². The van der Waals surface area contributed by atoms with Crippen molar-refractivity contribution in [2.45, 2.75) is 0 Å². The summed E-state index contributed by atoms with van der Waals surface area (Å²) in [7, 11) is 0. The van der Waals surface area contributed by atoms with Gasteiger partial charge in [-0.25, -0.2) is 4.39 Å². The fourth-order valence-electron chi connectivity index (χ4n) is 0.936. The van der Waals surface area contributed by atoms with Gasteiger partial charge in [-0.05, 0) is 17.7 Å². The van der Waals surface area contributed by atoms with Crippen molar-refractivity contribution < 1.29 is 4.39 Å². The number of halogens is 1. The standard InChI is InChI=1S/C10H9FN2/c11-10-4-3-8(2-1-5-12)6-9(10)7-13/h1-4,6H,5,12H2/b2-1+. The number of benzene rings is 1. The number of rotatable bonds is 2. The van der Waals surface area contributed by atoms with Gasteiger partial charge in [0.1, 0.15) is 11.9 Å². The Hall–Kier alpha value is -1.66. The van der Waals surface area contributed by atoms with Crippen molar-refractivity contribution in [1.29, 1.82) is 5.26 Å². The van der Waals surface area contributed by atoms with Crippen molar-refractivity contribution in [1.82, 2.24) is 0 Å². The molecule has 0 spiro atoms. The molecule has 13 heavy (non-hydrogen) atoms. The second-order valence-corrected chi connectivity index (χ2v) is 2.49. The molecule has 2 N–H and O–H groups in total. The number of hydrogen-bond donors (Lipinski definition) is 1. The number of nitrogens with zero attached hydrogens (tertiary/aromatic N) is 1. The Kier molecular flexibility index (Phi) is 3.18. The zero-order valence-corrected chi connectivity index (χ0v) is 7.00. The average molecular weight is 176 g/mol. The first-order valence-electron chi connectivity index (χ1n) is 3.84. The molecule has 66 valence electrons. The molecule has 0 saturated carbocycles. The van der Waals surface area contributed by atoms with Crippen LogP contribution in [0.3, 0.4) is 0 Å². The van der Waals surface area contributed by atoms with Gasteiger partial charge < -0.3 is 5.73 Å². The third kappa shape index (κ3) is 2.39. The predicted molar refractivity (Wildman–Crippen MR) is 49.2 cm³/mol. The van der Waals surface area contributed by atoms with Gasteiger partial charge >= 0.3 is 0 Å². The lowest BCUT2D eigenvalue weighted by Crippen LogP contribution is -1.92. The molecule has 0 radical (unpaired) electrons. The van der Waals surface area contributed by atoms with Gasteiger partial charge in [0.05, 0.1) is 5.56 Å². The van der Waals surface area contributed by atoms with Gasteiger partial charge in [0, 0.05) is 6.54 Å². The SMILES string of the molecule is N#Cc1cc(/C=C/CN)ccc1F. The van der Waals surface area contributed by atoms with Crippen LogP contribution in [0.2, 0.25) is 0 Å². The number of nitrogens with two attached hydrogens (primary N) is 1. The van der Waals surface area contributed by atoms with Gasteiger partial charge in [-0.3, -0.25) is 0 Å². The van der Waals surface area contributed by atoms with Crippen LogP contribution in [0.25, 0.3) is 6.08 Å². The molecule has 1 aromatic rings. The van der Waals surface area contributed by atoms with Crippen molar-refractivity contribution in [2.24, 2.45) is 5.73 Å². The third-order valence-electron chi connectivity index (χ3n) is 1.56. The van der Waals surface area contributed by atoms with Crippen LogP contribution in [-0.2, 0) is 0 Å². The van der Waals surface area contributed by atoms with Crippen LogP contribution in [0.1, 0.15) is 11.1 Å². The molecule has 0 heterocycles. The Balaban J connectivity index is 3.01. The summed E-state index contributed by atoms with van der Waals surface area (Å²) >= 11 is 0. The zero-order chi connectivity index (χ0) is 9.68. The van der Waals surface area contributed by atoms with Crippen molar-refractivity contribution in [3.8, 4) is 6.07 Å². The Bertz CT molecular complexity index is 364. The third-order valence-corrected chi connectivity index (χ3v) is 1.56. The predicted octanol–water partition coefficient (Wildman–Crippen LogP) is 1.67. The monoisotopic (exact) mass is 176 g/mol. The summed E-state index contributed by atoms with van der Waals surface area (Å²) < 4.78 is 12.8. The molecule has 0 fully saturated rings. The molecule has 0 atom stereocenters. The van der Waals surface area contributed by atoms with Crippen molar-refractivity contribution in [3.63, 3.8) is 0 Å². The number of nitriles is 1. The van der Waals surface area contributed by atoms with E-state index in [-0.39, 0.29) is 5.56 Å². The van der Waals surface area contributed by atoms with Crippen molar-refractivity contribution >= 4 is 6.08 Å². The summed E-state index contributed by atoms with van der Waals surface area (Å²) in [6, 6.07) is 6.13. The van der Waals surface area contributed by atoms with E-state index in [2.05, 4.69) is 0 Å². The molecule has 1 aromatic carbocycles. The summed E-state index contributed by atoms with van der Waals surface area (Å²) in [5.41, 5.74) is 6.09. The lowest BCUT2D eigenvalue weighted by atomic mass is 10.1. The molecule has 0 bridgehead atoms. The quantitative estimate of drug-likeness (QED) is 0.745. The summed E-state index contributed by atoms with van der Waals surface area (Å²) in [4.78, 5) is 0. The zero-order valence-electron chi connectivity index (χ0n) is 7.00. The van der Waals surface area contributed by atoms with Gasteiger partial charge in [0.25, 0.3) is 0 Å². The van der Waals surface area contributed by atoms with E-state index in [4.69, 9.17) is 11.0 Å². The summed E-state index contributed by atoms with van der Waals surface area (Å²) in [5.74, 6) is -0.493. The highest BCUT2D eigenvalue weighted by molar-refractivity contribution is 5.52. The van der Waals surface area contributed by atoms with Crippen LogP contribution < -0.4 is 5.73 Å². The molecule has 2 nitrogen and oxygen atoms in total. The first-order valence-corrected chi connectivity index (χ1v) is 3.84. The highest BCUT2D eigenvalue weighted by Crippen LogP contribution is 2.10. The minimum Gasteiger partial charge on any atom is -0.327 e. The summed E-state index contributed by atoms with van der Waals surface area (Å²) in [6.45, 7) is 0.430. The first-order chi connectivity index (χ1) is 6.27. The van der Waals surface area contributed by atoms with E-state index in [1.807, 2.05) is 0 Å². The molecule has 3 heteroatoms. The lowest BCUT2D eigenvalue weighted by molar-refractivity contribution is 0.624. The molecular formula is C10H9FN2. The van der Waals surface area contributed by atoms with E-state index in [9.17, 15) is 4.39 Å². The minimum atomic E-state index is -0.493. The average Bonchev–Trinajstić information content (AvgIpc) is 2.16. The van der Waals surface area contributed by atoms with E-state index >= 15 is 0 Å². The fourth-order valence-corrected chi connectivity index (χ4v) is 0.936. The van der Waals surface area contributed by atoms with Crippen LogP contribution >= 0.6 is 0 Å². The van der Waals surface area contributed by atoms with E-state index in [0.717, 1.165) is 5.56 Å². The van der Waals surface area contributed by atoms with Crippen LogP contribution in [0, 0.1) is 17.1 Å². The van der Waals surface area contributed by atoms with Gasteiger partial charge in [-0.2, -0.15) is 5.26 Å². The van der Waals surface area contributed by atoms with Gasteiger partial charge in [0.15, 0.2) is 0 Å². The molecule has 0 aliphatic rings. The fraction of sp³-hybridized carbons (Fsp3) is 0.100. The van der Waals surface area contributed by atoms with Crippen LogP contribution in [-0.4, -0.2) is 6.54 Å². The van der Waals surface area contributed by atoms with E-state index in [1.165, 1.54) is 12.1 Å². The Morgan fingerprint density at radius 1 is 1.54 bits per heavy atom. The van der Waals surface area contributed by atoms with Crippen LogP contribution in [0.5, 0.6) is 0 Å². The van der Waals surface area contributed by atoms with Gasteiger partial charge in [-0.1, -0.05) is 18.2 Å². The van der Waals surface area contributed by atoms with E-state index < -0.39 is 5.82 Å². The molecule has 0 unspecified atom stereocenters. The van der Waals surface area contributed by atoms with Crippen LogP contribution in [0.4, 0.5) is 4.39 Å². The molecule has 1 rings (SSSR count). The lowest BCUT2D eigenvalue weighted by Gasteiger charge is -1.95. The van der Waals surface area contributed by atoms with E-state index in [1.54, 1.807) is 24.3 Å². The Morgan fingerprint density at radius 3 is 2.92 bits per heavy atom. The summed E-state index contributed by atoms with van der Waals surface area (Å²) in [6.07, 6.45) is 3.49. The summed E-state index contributed by atoms with van der Waals surface area (Å²) in [5, 5.41) is 8.53. The topological polar surface area (TPSA) is 49.8 Å². The first kappa shape index (κ1) is 9.43. The van der Waals surface area contributed by atoms with Gasteiger partial charge in [-0.15, -0.1) is 0 Å². The normalized spacial score (nSPS) is 10.2. The second kappa shape index (κ2) is 4.39. The maximum atomic E-state index is 12.8. The largest absolute Gasteiger partial charge is 0.327 e.